The van der Waals surface area contributed by atoms with Gasteiger partial charge in [-0.05, 0) is 11.1 Å². The van der Waals surface area contributed by atoms with Crippen molar-refractivity contribution in [2.24, 2.45) is 0 Å². The van der Waals surface area contributed by atoms with Crippen LogP contribution in [0.1, 0.15) is 23.5 Å². The lowest BCUT2D eigenvalue weighted by Crippen LogP contribution is -2.51. The number of nitrogens with one attached hydrogen (secondary N) is 2. The molecular formula is C13H12N2O4. The molecule has 1 aromatic rings. The van der Waals surface area contributed by atoms with E-state index in [1.165, 1.54) is 0 Å². The second-order valence-corrected chi connectivity index (χ2v) is 4.91. The number of urea groups is 1. The van der Waals surface area contributed by atoms with Crippen molar-refractivity contribution in [1.82, 2.24) is 10.6 Å². The van der Waals surface area contributed by atoms with E-state index < -0.39 is 29.4 Å². The van der Waals surface area contributed by atoms with E-state index in [0.717, 1.165) is 11.1 Å². The SMILES string of the molecule is O=C(O)CC1c2ccccc2CC12NC(=O)NC2=O. The number of fused-ring (bicyclic) bond motifs is 1. The minimum atomic E-state index is -1.15. The van der Waals surface area contributed by atoms with Crippen LogP contribution < -0.4 is 10.6 Å². The molecule has 98 valence electrons. The Bertz CT molecular complexity index is 598. The van der Waals surface area contributed by atoms with Crippen LogP contribution in [0.15, 0.2) is 24.3 Å². The first-order chi connectivity index (χ1) is 9.03. The smallest absolute Gasteiger partial charge is 0.322 e. The maximum Gasteiger partial charge on any atom is 0.322 e. The van der Waals surface area contributed by atoms with E-state index in [4.69, 9.17) is 5.11 Å². The summed E-state index contributed by atoms with van der Waals surface area (Å²) in [5.74, 6) is -1.97. The van der Waals surface area contributed by atoms with Crippen LogP contribution in [0.25, 0.3) is 0 Å². The molecule has 6 heteroatoms. The van der Waals surface area contributed by atoms with Crippen molar-refractivity contribution in [2.75, 3.05) is 0 Å². The Morgan fingerprint density at radius 1 is 1.37 bits per heavy atom. The van der Waals surface area contributed by atoms with Crippen molar-refractivity contribution in [1.29, 1.82) is 0 Å². The summed E-state index contributed by atoms with van der Waals surface area (Å²) in [5, 5.41) is 13.9. The van der Waals surface area contributed by atoms with E-state index in [-0.39, 0.29) is 6.42 Å². The molecule has 0 saturated carbocycles. The van der Waals surface area contributed by atoms with Gasteiger partial charge in [0.05, 0.1) is 6.42 Å². The zero-order valence-electron chi connectivity index (χ0n) is 9.97. The molecule has 1 spiro atoms. The summed E-state index contributed by atoms with van der Waals surface area (Å²) in [4.78, 5) is 34.5. The van der Waals surface area contributed by atoms with Gasteiger partial charge < -0.3 is 10.4 Å². The third-order valence-corrected chi connectivity index (χ3v) is 3.84. The lowest BCUT2D eigenvalue weighted by atomic mass is 9.82. The number of imide groups is 1. The molecule has 0 aromatic heterocycles. The van der Waals surface area contributed by atoms with E-state index in [1.54, 1.807) is 6.07 Å². The number of carbonyl (C=O) groups excluding carboxylic acids is 2. The minimum Gasteiger partial charge on any atom is -0.481 e. The molecule has 1 aromatic carbocycles. The molecule has 3 rings (SSSR count). The number of hydrogen-bond acceptors (Lipinski definition) is 3. The molecule has 3 N–H and O–H groups in total. The Morgan fingerprint density at radius 3 is 2.74 bits per heavy atom. The second-order valence-electron chi connectivity index (χ2n) is 4.91. The molecular weight excluding hydrogens is 248 g/mol. The number of carbonyl (C=O) groups is 3. The van der Waals surface area contributed by atoms with Crippen LogP contribution in [-0.2, 0) is 16.0 Å². The topological polar surface area (TPSA) is 95.5 Å². The summed E-state index contributed by atoms with van der Waals surface area (Å²) in [6.45, 7) is 0. The number of carboxylic acids is 1. The molecule has 6 nitrogen and oxygen atoms in total. The number of hydrogen-bond donors (Lipinski definition) is 3. The Hall–Kier alpha value is -2.37. The highest BCUT2D eigenvalue weighted by Gasteiger charge is 2.56. The highest BCUT2D eigenvalue weighted by molar-refractivity contribution is 6.08. The van der Waals surface area contributed by atoms with Gasteiger partial charge in [-0.1, -0.05) is 24.3 Å². The average Bonchev–Trinajstić information content (AvgIpc) is 2.78. The predicted octanol–water partition coefficient (Wildman–Crippen LogP) is 0.379. The summed E-state index contributed by atoms with van der Waals surface area (Å²) in [7, 11) is 0. The maximum absolute atomic E-state index is 12.1. The average molecular weight is 260 g/mol. The van der Waals surface area contributed by atoms with Crippen molar-refractivity contribution >= 4 is 17.9 Å². The summed E-state index contributed by atoms with van der Waals surface area (Å²) in [5.41, 5.74) is 0.576. The van der Waals surface area contributed by atoms with Gasteiger partial charge in [-0.3, -0.25) is 14.9 Å². The Kier molecular flexibility index (Phi) is 2.35. The van der Waals surface area contributed by atoms with Crippen molar-refractivity contribution in [3.63, 3.8) is 0 Å². The van der Waals surface area contributed by atoms with Gasteiger partial charge in [0.15, 0.2) is 0 Å². The van der Waals surface area contributed by atoms with Crippen molar-refractivity contribution in [3.05, 3.63) is 35.4 Å². The zero-order chi connectivity index (χ0) is 13.6. The maximum atomic E-state index is 12.1. The molecule has 2 aliphatic rings. The molecule has 1 aliphatic carbocycles. The van der Waals surface area contributed by atoms with Gasteiger partial charge in [0.2, 0.25) is 0 Å². The highest BCUT2D eigenvalue weighted by atomic mass is 16.4. The normalized spacial score (nSPS) is 28.1. The predicted molar refractivity (Wildman–Crippen MR) is 64.5 cm³/mol. The quantitative estimate of drug-likeness (QED) is 0.670. The lowest BCUT2D eigenvalue weighted by molar-refractivity contribution is -0.138. The standard InChI is InChI=1S/C13H12N2O4/c16-10(17)5-9-8-4-2-1-3-7(8)6-13(9)11(18)14-12(19)15-13/h1-4,9H,5-6H2,(H,16,17)(H2,14,15,18,19). The molecule has 1 heterocycles. The fourth-order valence-corrected chi connectivity index (χ4v) is 3.06. The molecule has 0 radical (unpaired) electrons. The lowest BCUT2D eigenvalue weighted by Gasteiger charge is -2.27. The van der Waals surface area contributed by atoms with Gasteiger partial charge in [0.1, 0.15) is 5.54 Å². The summed E-state index contributed by atoms with van der Waals surface area (Å²) in [6, 6.07) is 6.76. The van der Waals surface area contributed by atoms with Crippen molar-refractivity contribution in [3.8, 4) is 0 Å². The van der Waals surface area contributed by atoms with Gasteiger partial charge >= 0.3 is 12.0 Å². The molecule has 0 bridgehead atoms. The van der Waals surface area contributed by atoms with Crippen LogP contribution in [0.4, 0.5) is 4.79 Å². The van der Waals surface area contributed by atoms with E-state index >= 15 is 0 Å². The number of benzene rings is 1. The fraction of sp³-hybridized carbons (Fsp3) is 0.308. The molecule has 1 saturated heterocycles. The van der Waals surface area contributed by atoms with Crippen LogP contribution >= 0.6 is 0 Å². The molecule has 19 heavy (non-hydrogen) atoms. The molecule has 2 atom stereocenters. The van der Waals surface area contributed by atoms with Gasteiger partial charge in [-0.15, -0.1) is 0 Å². The first kappa shape index (κ1) is 11.7. The van der Waals surface area contributed by atoms with Crippen LogP contribution in [0.3, 0.4) is 0 Å². The van der Waals surface area contributed by atoms with Gasteiger partial charge in [-0.2, -0.15) is 0 Å². The Labute approximate surface area is 108 Å². The number of amides is 3. The first-order valence-corrected chi connectivity index (χ1v) is 5.96. The van der Waals surface area contributed by atoms with Gasteiger partial charge in [0, 0.05) is 12.3 Å². The Morgan fingerprint density at radius 2 is 2.11 bits per heavy atom. The largest absolute Gasteiger partial charge is 0.481 e. The van der Waals surface area contributed by atoms with Gasteiger partial charge in [-0.25, -0.2) is 4.79 Å². The minimum absolute atomic E-state index is 0.190. The monoisotopic (exact) mass is 260 g/mol. The summed E-state index contributed by atoms with van der Waals surface area (Å²) in [6.07, 6.45) is 0.142. The first-order valence-electron chi connectivity index (χ1n) is 5.96. The third kappa shape index (κ3) is 1.60. The zero-order valence-corrected chi connectivity index (χ0v) is 9.97. The number of carboxylic acid groups (broad SMARTS) is 1. The molecule has 3 amide bonds. The number of aliphatic carboxylic acids is 1. The fourth-order valence-electron chi connectivity index (χ4n) is 3.06. The molecule has 2 unspecified atom stereocenters. The molecule has 1 aliphatic heterocycles. The third-order valence-electron chi connectivity index (χ3n) is 3.84. The van der Waals surface area contributed by atoms with Crippen molar-refractivity contribution in [2.45, 2.75) is 24.3 Å². The highest BCUT2D eigenvalue weighted by Crippen LogP contribution is 2.44. The second kappa shape index (κ2) is 3.81. The summed E-state index contributed by atoms with van der Waals surface area (Å²) < 4.78 is 0. The molecule has 1 fully saturated rings. The van der Waals surface area contributed by atoms with Crippen LogP contribution in [0.5, 0.6) is 0 Å². The van der Waals surface area contributed by atoms with E-state index in [1.807, 2.05) is 18.2 Å². The van der Waals surface area contributed by atoms with E-state index in [9.17, 15) is 14.4 Å². The van der Waals surface area contributed by atoms with Crippen LogP contribution in [0, 0.1) is 0 Å². The Balaban J connectivity index is 2.09. The van der Waals surface area contributed by atoms with Crippen LogP contribution in [0.2, 0.25) is 0 Å². The van der Waals surface area contributed by atoms with Crippen molar-refractivity contribution < 1.29 is 19.5 Å². The van der Waals surface area contributed by atoms with E-state index in [0.29, 0.717) is 6.42 Å². The van der Waals surface area contributed by atoms with Crippen LogP contribution in [-0.4, -0.2) is 28.6 Å². The summed E-state index contributed by atoms with van der Waals surface area (Å²) >= 11 is 0. The number of rotatable bonds is 2. The van der Waals surface area contributed by atoms with E-state index in [2.05, 4.69) is 10.6 Å². The van der Waals surface area contributed by atoms with Gasteiger partial charge in [0.25, 0.3) is 5.91 Å².